The van der Waals surface area contributed by atoms with E-state index in [9.17, 15) is 0 Å². The van der Waals surface area contributed by atoms with Gasteiger partial charge in [0.05, 0.1) is 5.36 Å². The van der Waals surface area contributed by atoms with Crippen LogP contribution in [0.2, 0.25) is 0 Å². The Kier molecular flexibility index (Phi) is 1.62. The maximum absolute atomic E-state index is 7.44. The first-order chi connectivity index (χ1) is 4.63. The molecule has 2 nitrogen and oxygen atoms in total. The normalized spacial score (nSPS) is 9.90. The molecule has 0 amide bonds. The number of hydrogen-bond donors (Lipinski definition) is 1. The number of nitrogens with zero attached hydrogens (tertiary/aromatic N) is 1. The maximum atomic E-state index is 7.44. The van der Waals surface area contributed by atoms with E-state index in [-0.39, 0.29) is 0 Å². The van der Waals surface area contributed by atoms with Gasteiger partial charge in [-0.3, -0.25) is 0 Å². The zero-order valence-corrected chi connectivity index (χ0v) is 6.60. The quantitative estimate of drug-likeness (QED) is 0.554. The lowest BCUT2D eigenvalue weighted by molar-refractivity contribution is 0.834. The largest absolute Gasteiger partial charge is 0.354 e. The molecule has 0 aliphatic heterocycles. The first kappa shape index (κ1) is 7.06. The van der Waals surface area contributed by atoms with Crippen LogP contribution in [0.5, 0.6) is 0 Å². The van der Waals surface area contributed by atoms with Crippen LogP contribution in [0, 0.1) is 19.3 Å². The monoisotopic (exact) mass is 136 g/mol. The standard InChI is InChI=1S/C8H12N2/c1-6-7(2)10(3)5-4-8(6)9/h4-5,9H,1-3H3. The summed E-state index contributed by atoms with van der Waals surface area (Å²) in [6.45, 7) is 3.99. The molecule has 0 radical (unpaired) electrons. The molecule has 0 spiro atoms. The van der Waals surface area contributed by atoms with Crippen molar-refractivity contribution in [3.8, 4) is 0 Å². The molecule has 0 fully saturated rings. The number of pyridine rings is 1. The Morgan fingerprint density at radius 1 is 1.40 bits per heavy atom. The van der Waals surface area contributed by atoms with Crippen LogP contribution in [-0.4, -0.2) is 4.57 Å². The highest BCUT2D eigenvalue weighted by Gasteiger charge is 1.94. The van der Waals surface area contributed by atoms with E-state index < -0.39 is 0 Å². The topological polar surface area (TPSA) is 28.8 Å². The fourth-order valence-corrected chi connectivity index (χ4v) is 0.883. The van der Waals surface area contributed by atoms with E-state index in [2.05, 4.69) is 0 Å². The molecule has 1 aromatic heterocycles. The lowest BCUT2D eigenvalue weighted by Gasteiger charge is -2.05. The summed E-state index contributed by atoms with van der Waals surface area (Å²) < 4.78 is 2.02. The number of aryl methyl sites for hydroxylation is 1. The molecule has 54 valence electrons. The van der Waals surface area contributed by atoms with E-state index in [1.165, 1.54) is 0 Å². The van der Waals surface area contributed by atoms with Gasteiger partial charge in [0.15, 0.2) is 0 Å². The second kappa shape index (κ2) is 2.29. The van der Waals surface area contributed by atoms with Crippen molar-refractivity contribution in [1.29, 1.82) is 5.41 Å². The van der Waals surface area contributed by atoms with Gasteiger partial charge in [-0.05, 0) is 25.5 Å². The molecule has 0 unspecified atom stereocenters. The van der Waals surface area contributed by atoms with Crippen LogP contribution in [-0.2, 0) is 7.05 Å². The van der Waals surface area contributed by atoms with Gasteiger partial charge in [0.1, 0.15) is 0 Å². The average molecular weight is 136 g/mol. The molecule has 0 aliphatic carbocycles. The van der Waals surface area contributed by atoms with Crippen LogP contribution in [0.1, 0.15) is 11.3 Å². The van der Waals surface area contributed by atoms with Gasteiger partial charge in [-0.15, -0.1) is 0 Å². The summed E-state index contributed by atoms with van der Waals surface area (Å²) in [5.74, 6) is 0. The van der Waals surface area contributed by atoms with E-state index in [1.807, 2.05) is 37.7 Å². The molecule has 1 rings (SSSR count). The van der Waals surface area contributed by atoms with Gasteiger partial charge >= 0.3 is 0 Å². The van der Waals surface area contributed by atoms with Gasteiger partial charge in [0.25, 0.3) is 0 Å². The van der Waals surface area contributed by atoms with Crippen molar-refractivity contribution in [2.24, 2.45) is 7.05 Å². The Labute approximate surface area is 60.6 Å². The minimum absolute atomic E-state index is 0.621. The molecule has 10 heavy (non-hydrogen) atoms. The van der Waals surface area contributed by atoms with Crippen molar-refractivity contribution < 1.29 is 0 Å². The molecule has 0 bridgehead atoms. The van der Waals surface area contributed by atoms with Gasteiger partial charge < -0.3 is 9.98 Å². The van der Waals surface area contributed by atoms with Crippen molar-refractivity contribution in [3.05, 3.63) is 28.9 Å². The van der Waals surface area contributed by atoms with Crippen LogP contribution in [0.3, 0.4) is 0 Å². The number of hydrogen-bond acceptors (Lipinski definition) is 1. The van der Waals surface area contributed by atoms with Gasteiger partial charge in [-0.2, -0.15) is 0 Å². The Bertz CT molecular complexity index is 297. The number of nitrogens with one attached hydrogen (secondary N) is 1. The Hall–Kier alpha value is -1.05. The fraction of sp³-hybridized carbons (Fsp3) is 0.375. The summed E-state index contributed by atoms with van der Waals surface area (Å²) >= 11 is 0. The molecule has 0 saturated carbocycles. The van der Waals surface area contributed by atoms with Crippen LogP contribution in [0.25, 0.3) is 0 Å². The third kappa shape index (κ3) is 0.967. The first-order valence-electron chi connectivity index (χ1n) is 3.30. The number of aromatic nitrogens is 1. The first-order valence-corrected chi connectivity index (χ1v) is 3.30. The highest BCUT2D eigenvalue weighted by Crippen LogP contribution is 1.97. The minimum Gasteiger partial charge on any atom is -0.354 e. The van der Waals surface area contributed by atoms with Crippen molar-refractivity contribution in [3.63, 3.8) is 0 Å². The molecule has 0 atom stereocenters. The van der Waals surface area contributed by atoms with Crippen molar-refractivity contribution >= 4 is 0 Å². The van der Waals surface area contributed by atoms with Crippen LogP contribution < -0.4 is 5.36 Å². The lowest BCUT2D eigenvalue weighted by atomic mass is 10.2. The predicted octanol–water partition coefficient (Wildman–Crippen LogP) is 1.12. The Morgan fingerprint density at radius 2 is 2.00 bits per heavy atom. The summed E-state index contributed by atoms with van der Waals surface area (Å²) in [6.07, 6.45) is 1.91. The summed E-state index contributed by atoms with van der Waals surface area (Å²) in [5.41, 5.74) is 2.22. The second-order valence-corrected chi connectivity index (χ2v) is 2.55. The van der Waals surface area contributed by atoms with Gasteiger partial charge in [0, 0.05) is 18.9 Å². The molecule has 0 aliphatic rings. The third-order valence-electron chi connectivity index (χ3n) is 1.94. The summed E-state index contributed by atoms with van der Waals surface area (Å²) in [7, 11) is 1.99. The van der Waals surface area contributed by atoms with E-state index in [4.69, 9.17) is 5.41 Å². The molecule has 0 aromatic carbocycles. The lowest BCUT2D eigenvalue weighted by Crippen LogP contribution is -2.10. The molecule has 0 saturated heterocycles. The zero-order valence-electron chi connectivity index (χ0n) is 6.60. The minimum atomic E-state index is 0.621. The van der Waals surface area contributed by atoms with Gasteiger partial charge in [-0.25, -0.2) is 0 Å². The molecular formula is C8H12N2. The van der Waals surface area contributed by atoms with E-state index in [1.54, 1.807) is 0 Å². The molecule has 1 heterocycles. The van der Waals surface area contributed by atoms with E-state index >= 15 is 0 Å². The predicted molar refractivity (Wildman–Crippen MR) is 40.7 cm³/mol. The Morgan fingerprint density at radius 3 is 2.50 bits per heavy atom. The molecule has 1 N–H and O–H groups in total. The average Bonchev–Trinajstić information content (AvgIpc) is 1.93. The van der Waals surface area contributed by atoms with Crippen LogP contribution in [0.4, 0.5) is 0 Å². The summed E-state index contributed by atoms with van der Waals surface area (Å²) in [6, 6.07) is 1.81. The zero-order chi connectivity index (χ0) is 7.72. The molecule has 2 heteroatoms. The SMILES string of the molecule is Cc1c(C)n(C)ccc1=N. The Balaban J connectivity index is 3.49. The fourth-order valence-electron chi connectivity index (χ4n) is 0.883. The molecular weight excluding hydrogens is 124 g/mol. The third-order valence-corrected chi connectivity index (χ3v) is 1.94. The van der Waals surface area contributed by atoms with Gasteiger partial charge in [0.2, 0.25) is 0 Å². The van der Waals surface area contributed by atoms with E-state index in [0.29, 0.717) is 5.36 Å². The summed E-state index contributed by atoms with van der Waals surface area (Å²) in [4.78, 5) is 0. The highest BCUT2D eigenvalue weighted by molar-refractivity contribution is 5.16. The number of rotatable bonds is 0. The van der Waals surface area contributed by atoms with Crippen molar-refractivity contribution in [1.82, 2.24) is 4.57 Å². The van der Waals surface area contributed by atoms with E-state index in [0.717, 1.165) is 11.3 Å². The van der Waals surface area contributed by atoms with Crippen LogP contribution >= 0.6 is 0 Å². The van der Waals surface area contributed by atoms with Crippen molar-refractivity contribution in [2.45, 2.75) is 13.8 Å². The van der Waals surface area contributed by atoms with Gasteiger partial charge in [-0.1, -0.05) is 0 Å². The smallest absolute Gasteiger partial charge is 0.0600 e. The van der Waals surface area contributed by atoms with Crippen LogP contribution in [0.15, 0.2) is 12.3 Å². The molecule has 1 aromatic rings. The maximum Gasteiger partial charge on any atom is 0.0600 e. The summed E-state index contributed by atoms with van der Waals surface area (Å²) in [5, 5.41) is 8.06. The second-order valence-electron chi connectivity index (χ2n) is 2.55. The highest BCUT2D eigenvalue weighted by atomic mass is 14.9. The van der Waals surface area contributed by atoms with Crippen molar-refractivity contribution in [2.75, 3.05) is 0 Å².